The van der Waals surface area contributed by atoms with Crippen molar-refractivity contribution in [3.63, 3.8) is 0 Å². The van der Waals surface area contributed by atoms with Crippen LogP contribution in [0.15, 0.2) is 5.38 Å². The van der Waals surface area contributed by atoms with E-state index in [1.165, 1.54) is 0 Å². The molecule has 0 atom stereocenters. The van der Waals surface area contributed by atoms with E-state index >= 15 is 0 Å². The predicted molar refractivity (Wildman–Crippen MR) is 48.2 cm³/mol. The number of nitrogens with zero attached hydrogens (tertiary/aromatic N) is 1. The second-order valence-electron chi connectivity index (χ2n) is 2.49. The first kappa shape index (κ1) is 9.64. The SMILES string of the molecule is COCc1nc(CCCO)cs1. The van der Waals surface area contributed by atoms with Crippen molar-refractivity contribution in [2.24, 2.45) is 0 Å². The van der Waals surface area contributed by atoms with Gasteiger partial charge in [0.2, 0.25) is 0 Å². The number of aryl methyl sites for hydroxylation is 1. The number of hydrogen-bond donors (Lipinski definition) is 1. The fraction of sp³-hybridized carbons (Fsp3) is 0.625. The summed E-state index contributed by atoms with van der Waals surface area (Å²) in [5.74, 6) is 0. The fourth-order valence-electron chi connectivity index (χ4n) is 0.914. The Labute approximate surface area is 76.0 Å². The van der Waals surface area contributed by atoms with Crippen LogP contribution in [0.2, 0.25) is 0 Å². The molecule has 1 N–H and O–H groups in total. The van der Waals surface area contributed by atoms with Gasteiger partial charge >= 0.3 is 0 Å². The Balaban J connectivity index is 2.41. The molecule has 0 unspecified atom stereocenters. The summed E-state index contributed by atoms with van der Waals surface area (Å²) in [6, 6.07) is 0. The first-order valence-corrected chi connectivity index (χ1v) is 4.78. The third-order valence-corrected chi connectivity index (χ3v) is 2.33. The summed E-state index contributed by atoms with van der Waals surface area (Å²) >= 11 is 1.61. The zero-order valence-corrected chi connectivity index (χ0v) is 7.93. The van der Waals surface area contributed by atoms with E-state index in [0.29, 0.717) is 6.61 Å². The molecule has 0 radical (unpaired) electrons. The van der Waals surface area contributed by atoms with E-state index in [2.05, 4.69) is 4.98 Å². The minimum atomic E-state index is 0.233. The lowest BCUT2D eigenvalue weighted by molar-refractivity contribution is 0.184. The van der Waals surface area contributed by atoms with Crippen LogP contribution in [0, 0.1) is 0 Å². The quantitative estimate of drug-likeness (QED) is 0.753. The zero-order chi connectivity index (χ0) is 8.81. The second kappa shape index (κ2) is 5.24. The molecule has 0 amide bonds. The molecule has 0 fully saturated rings. The standard InChI is InChI=1S/C8H13NO2S/c1-11-5-8-9-7(6-12-8)3-2-4-10/h6,10H,2-5H2,1H3. The monoisotopic (exact) mass is 187 g/mol. The summed E-state index contributed by atoms with van der Waals surface area (Å²) in [6.45, 7) is 0.820. The summed E-state index contributed by atoms with van der Waals surface area (Å²) in [7, 11) is 1.66. The van der Waals surface area contributed by atoms with E-state index in [9.17, 15) is 0 Å². The van der Waals surface area contributed by atoms with E-state index < -0.39 is 0 Å². The van der Waals surface area contributed by atoms with E-state index in [1.807, 2.05) is 5.38 Å². The molecule has 1 rings (SSSR count). The number of aliphatic hydroxyl groups excluding tert-OH is 1. The maximum absolute atomic E-state index is 8.59. The van der Waals surface area contributed by atoms with Gasteiger partial charge in [-0.2, -0.15) is 0 Å². The highest BCUT2D eigenvalue weighted by Gasteiger charge is 2.00. The maximum atomic E-state index is 8.59. The Kier molecular flexibility index (Phi) is 4.21. The third-order valence-electron chi connectivity index (χ3n) is 1.46. The normalized spacial score (nSPS) is 10.5. The lowest BCUT2D eigenvalue weighted by Crippen LogP contribution is -1.91. The predicted octanol–water partition coefficient (Wildman–Crippen LogP) is 1.21. The number of thiazole rings is 1. The number of rotatable bonds is 5. The van der Waals surface area contributed by atoms with Gasteiger partial charge in [0.1, 0.15) is 5.01 Å². The van der Waals surface area contributed by atoms with Gasteiger partial charge in [-0.05, 0) is 12.8 Å². The Morgan fingerprint density at radius 2 is 2.50 bits per heavy atom. The summed E-state index contributed by atoms with van der Waals surface area (Å²) in [4.78, 5) is 4.32. The molecule has 0 bridgehead atoms. The minimum absolute atomic E-state index is 0.233. The Hall–Kier alpha value is -0.450. The van der Waals surface area contributed by atoms with Crippen LogP contribution in [-0.4, -0.2) is 23.8 Å². The number of aliphatic hydroxyl groups is 1. The van der Waals surface area contributed by atoms with Gasteiger partial charge in [-0.15, -0.1) is 11.3 Å². The smallest absolute Gasteiger partial charge is 0.119 e. The first-order chi connectivity index (χ1) is 5.86. The van der Waals surface area contributed by atoms with Crippen LogP contribution < -0.4 is 0 Å². The molecule has 3 nitrogen and oxygen atoms in total. The van der Waals surface area contributed by atoms with Crippen LogP contribution in [0.25, 0.3) is 0 Å². The molecule has 12 heavy (non-hydrogen) atoms. The molecule has 0 aliphatic heterocycles. The van der Waals surface area contributed by atoms with E-state index in [0.717, 1.165) is 23.5 Å². The summed E-state index contributed by atoms with van der Waals surface area (Å²) in [5, 5.41) is 11.6. The van der Waals surface area contributed by atoms with Crippen molar-refractivity contribution in [1.29, 1.82) is 0 Å². The summed E-state index contributed by atoms with van der Waals surface area (Å²) in [6.07, 6.45) is 1.65. The highest BCUT2D eigenvalue weighted by atomic mass is 32.1. The van der Waals surface area contributed by atoms with Crippen LogP contribution in [0.4, 0.5) is 0 Å². The van der Waals surface area contributed by atoms with Gasteiger partial charge < -0.3 is 9.84 Å². The van der Waals surface area contributed by atoms with Gasteiger partial charge in [0.05, 0.1) is 12.3 Å². The maximum Gasteiger partial charge on any atom is 0.119 e. The molecule has 1 aromatic heterocycles. The third kappa shape index (κ3) is 2.89. The molecule has 0 aromatic carbocycles. The molecule has 68 valence electrons. The number of hydrogen-bond acceptors (Lipinski definition) is 4. The Morgan fingerprint density at radius 3 is 3.17 bits per heavy atom. The van der Waals surface area contributed by atoms with Crippen molar-refractivity contribution < 1.29 is 9.84 Å². The van der Waals surface area contributed by atoms with Gasteiger partial charge in [0.25, 0.3) is 0 Å². The van der Waals surface area contributed by atoms with Gasteiger partial charge in [-0.25, -0.2) is 4.98 Å². The van der Waals surface area contributed by atoms with Crippen molar-refractivity contribution in [2.45, 2.75) is 19.4 Å². The molecule has 0 aliphatic rings. The van der Waals surface area contributed by atoms with Crippen molar-refractivity contribution >= 4 is 11.3 Å². The fourth-order valence-corrected chi connectivity index (χ4v) is 1.71. The van der Waals surface area contributed by atoms with Crippen LogP contribution in [0.3, 0.4) is 0 Å². The minimum Gasteiger partial charge on any atom is -0.396 e. The Bertz CT molecular complexity index is 225. The van der Waals surface area contributed by atoms with Crippen LogP contribution in [0.1, 0.15) is 17.1 Å². The van der Waals surface area contributed by atoms with Gasteiger partial charge in [0, 0.05) is 19.1 Å². The molecular formula is C8H13NO2S. The average molecular weight is 187 g/mol. The molecule has 0 spiro atoms. The molecule has 1 heterocycles. The molecular weight excluding hydrogens is 174 g/mol. The average Bonchev–Trinajstić information content (AvgIpc) is 2.50. The topological polar surface area (TPSA) is 42.4 Å². The largest absolute Gasteiger partial charge is 0.396 e. The second-order valence-corrected chi connectivity index (χ2v) is 3.44. The molecule has 1 aromatic rings. The van der Waals surface area contributed by atoms with Crippen LogP contribution in [0.5, 0.6) is 0 Å². The van der Waals surface area contributed by atoms with Gasteiger partial charge in [-0.3, -0.25) is 0 Å². The lowest BCUT2D eigenvalue weighted by atomic mass is 10.3. The van der Waals surface area contributed by atoms with Crippen molar-refractivity contribution in [3.8, 4) is 0 Å². The highest BCUT2D eigenvalue weighted by Crippen LogP contribution is 2.11. The summed E-state index contributed by atoms with van der Waals surface area (Å²) in [5.41, 5.74) is 1.06. The van der Waals surface area contributed by atoms with Crippen molar-refractivity contribution in [3.05, 3.63) is 16.1 Å². The zero-order valence-electron chi connectivity index (χ0n) is 7.12. The molecule has 0 saturated heterocycles. The van der Waals surface area contributed by atoms with Gasteiger partial charge in [0.15, 0.2) is 0 Å². The molecule has 0 saturated carbocycles. The van der Waals surface area contributed by atoms with Gasteiger partial charge in [-0.1, -0.05) is 0 Å². The molecule has 0 aliphatic carbocycles. The van der Waals surface area contributed by atoms with E-state index in [4.69, 9.17) is 9.84 Å². The number of aromatic nitrogens is 1. The number of ether oxygens (including phenoxy) is 1. The van der Waals surface area contributed by atoms with Crippen LogP contribution >= 0.6 is 11.3 Å². The summed E-state index contributed by atoms with van der Waals surface area (Å²) < 4.78 is 4.94. The lowest BCUT2D eigenvalue weighted by Gasteiger charge is -1.92. The molecule has 4 heteroatoms. The number of methoxy groups -OCH3 is 1. The van der Waals surface area contributed by atoms with E-state index in [1.54, 1.807) is 18.4 Å². The van der Waals surface area contributed by atoms with Crippen molar-refractivity contribution in [1.82, 2.24) is 4.98 Å². The Morgan fingerprint density at radius 1 is 1.67 bits per heavy atom. The van der Waals surface area contributed by atoms with E-state index in [-0.39, 0.29) is 6.61 Å². The van der Waals surface area contributed by atoms with Crippen LogP contribution in [-0.2, 0) is 17.8 Å². The highest BCUT2D eigenvalue weighted by molar-refractivity contribution is 7.09. The van der Waals surface area contributed by atoms with Crippen molar-refractivity contribution in [2.75, 3.05) is 13.7 Å². The first-order valence-electron chi connectivity index (χ1n) is 3.90.